The van der Waals surface area contributed by atoms with E-state index in [9.17, 15) is 4.79 Å². The minimum Gasteiger partial charge on any atom is -0.441 e. The average Bonchev–Trinajstić information content (AvgIpc) is 2.77. The predicted octanol–water partition coefficient (Wildman–Crippen LogP) is 2.94. The van der Waals surface area contributed by atoms with Gasteiger partial charge in [-0.1, -0.05) is 6.07 Å². The molecule has 0 bridgehead atoms. The molecule has 4 heteroatoms. The van der Waals surface area contributed by atoms with Crippen LogP contribution in [0.2, 0.25) is 0 Å². The number of carbonyl (C=O) groups is 1. The molecule has 0 unspecified atom stereocenters. The van der Waals surface area contributed by atoms with Gasteiger partial charge in [-0.3, -0.25) is 4.79 Å². The van der Waals surface area contributed by atoms with E-state index in [0.29, 0.717) is 12.3 Å². The van der Waals surface area contributed by atoms with Crippen molar-refractivity contribution in [1.29, 1.82) is 0 Å². The summed E-state index contributed by atoms with van der Waals surface area (Å²) >= 11 is 0. The van der Waals surface area contributed by atoms with Crippen molar-refractivity contribution in [2.45, 2.75) is 33.6 Å². The molecule has 0 fully saturated rings. The van der Waals surface area contributed by atoms with Crippen molar-refractivity contribution in [3.05, 3.63) is 29.7 Å². The van der Waals surface area contributed by atoms with E-state index in [-0.39, 0.29) is 5.91 Å². The summed E-state index contributed by atoms with van der Waals surface area (Å²) in [6.45, 7) is 7.40. The fourth-order valence-electron chi connectivity index (χ4n) is 2.23. The standard InChI is InChI=1S/C15H20N2O2/c1-4-17(5-2)15(18)9-7-12-6-8-14-13(10-12)16-11(3)19-14/h6,8,10H,4-5,7,9H2,1-3H3. The number of hydrogen-bond donors (Lipinski definition) is 0. The molecule has 1 aromatic heterocycles. The molecule has 2 rings (SSSR count). The maximum Gasteiger partial charge on any atom is 0.222 e. The molecule has 0 spiro atoms. The molecule has 0 aliphatic heterocycles. The summed E-state index contributed by atoms with van der Waals surface area (Å²) in [5.74, 6) is 0.882. The molecule has 0 aliphatic carbocycles. The summed E-state index contributed by atoms with van der Waals surface area (Å²) < 4.78 is 5.44. The van der Waals surface area contributed by atoms with Crippen LogP contribution in [0.4, 0.5) is 0 Å². The molecule has 2 aromatic rings. The first kappa shape index (κ1) is 13.6. The Bertz CT molecular complexity index is 571. The summed E-state index contributed by atoms with van der Waals surface area (Å²) in [4.78, 5) is 18.1. The fourth-order valence-corrected chi connectivity index (χ4v) is 2.23. The Morgan fingerprint density at radius 2 is 2.05 bits per heavy atom. The molecule has 1 amide bonds. The Kier molecular flexibility index (Phi) is 4.20. The molecule has 4 nitrogen and oxygen atoms in total. The normalized spacial score (nSPS) is 10.9. The summed E-state index contributed by atoms with van der Waals surface area (Å²) in [5.41, 5.74) is 2.79. The van der Waals surface area contributed by atoms with Crippen LogP contribution in [0.3, 0.4) is 0 Å². The molecule has 102 valence electrons. The van der Waals surface area contributed by atoms with Crippen LogP contribution in [0, 0.1) is 6.92 Å². The summed E-state index contributed by atoms with van der Waals surface area (Å²) in [7, 11) is 0. The SMILES string of the molecule is CCN(CC)C(=O)CCc1ccc2oc(C)nc2c1. The van der Waals surface area contributed by atoms with Crippen molar-refractivity contribution < 1.29 is 9.21 Å². The van der Waals surface area contributed by atoms with Crippen molar-refractivity contribution in [2.75, 3.05) is 13.1 Å². The van der Waals surface area contributed by atoms with E-state index in [0.717, 1.165) is 36.2 Å². The van der Waals surface area contributed by atoms with Crippen LogP contribution < -0.4 is 0 Å². The predicted molar refractivity (Wildman–Crippen MR) is 75.0 cm³/mol. The molecule has 0 saturated carbocycles. The van der Waals surface area contributed by atoms with Crippen LogP contribution in [0.25, 0.3) is 11.1 Å². The second-order valence-electron chi connectivity index (χ2n) is 4.60. The molecule has 0 N–H and O–H groups in total. The lowest BCUT2D eigenvalue weighted by Crippen LogP contribution is -2.30. The zero-order valence-corrected chi connectivity index (χ0v) is 11.8. The van der Waals surface area contributed by atoms with Gasteiger partial charge in [0, 0.05) is 26.4 Å². The second kappa shape index (κ2) is 5.87. The number of fused-ring (bicyclic) bond motifs is 1. The highest BCUT2D eigenvalue weighted by atomic mass is 16.3. The molecule has 1 heterocycles. The van der Waals surface area contributed by atoms with Gasteiger partial charge in [0.05, 0.1) is 0 Å². The van der Waals surface area contributed by atoms with E-state index in [4.69, 9.17) is 4.42 Å². The third kappa shape index (κ3) is 3.13. The molecule has 19 heavy (non-hydrogen) atoms. The Morgan fingerprint density at radius 1 is 1.32 bits per heavy atom. The zero-order chi connectivity index (χ0) is 13.8. The fraction of sp³-hybridized carbons (Fsp3) is 0.467. The first-order valence-electron chi connectivity index (χ1n) is 6.78. The third-order valence-electron chi connectivity index (χ3n) is 3.30. The van der Waals surface area contributed by atoms with Gasteiger partial charge in [0.1, 0.15) is 5.52 Å². The van der Waals surface area contributed by atoms with E-state index in [2.05, 4.69) is 4.98 Å². The number of oxazole rings is 1. The highest BCUT2D eigenvalue weighted by Crippen LogP contribution is 2.17. The number of aryl methyl sites for hydroxylation is 2. The van der Waals surface area contributed by atoms with Gasteiger partial charge >= 0.3 is 0 Å². The zero-order valence-electron chi connectivity index (χ0n) is 11.8. The van der Waals surface area contributed by atoms with Crippen LogP contribution in [-0.2, 0) is 11.2 Å². The smallest absolute Gasteiger partial charge is 0.222 e. The van der Waals surface area contributed by atoms with Crippen LogP contribution in [0.1, 0.15) is 31.7 Å². The second-order valence-corrected chi connectivity index (χ2v) is 4.60. The lowest BCUT2D eigenvalue weighted by atomic mass is 10.1. The van der Waals surface area contributed by atoms with Crippen LogP contribution in [-0.4, -0.2) is 28.9 Å². The van der Waals surface area contributed by atoms with Gasteiger partial charge in [0.15, 0.2) is 11.5 Å². The van der Waals surface area contributed by atoms with Gasteiger partial charge in [-0.2, -0.15) is 0 Å². The van der Waals surface area contributed by atoms with Crippen molar-refractivity contribution in [2.24, 2.45) is 0 Å². The minimum absolute atomic E-state index is 0.210. The van der Waals surface area contributed by atoms with Crippen molar-refractivity contribution in [3.63, 3.8) is 0 Å². The molecular weight excluding hydrogens is 240 g/mol. The molecule has 0 saturated heterocycles. The van der Waals surface area contributed by atoms with Gasteiger partial charge < -0.3 is 9.32 Å². The van der Waals surface area contributed by atoms with Gasteiger partial charge in [0.2, 0.25) is 5.91 Å². The Labute approximate surface area is 113 Å². The van der Waals surface area contributed by atoms with E-state index < -0.39 is 0 Å². The lowest BCUT2D eigenvalue weighted by Gasteiger charge is -2.18. The highest BCUT2D eigenvalue weighted by Gasteiger charge is 2.10. The van der Waals surface area contributed by atoms with E-state index in [1.165, 1.54) is 0 Å². The molecule has 0 aliphatic rings. The minimum atomic E-state index is 0.210. The monoisotopic (exact) mass is 260 g/mol. The number of benzene rings is 1. The number of aromatic nitrogens is 1. The summed E-state index contributed by atoms with van der Waals surface area (Å²) in [6, 6.07) is 5.93. The first-order valence-corrected chi connectivity index (χ1v) is 6.78. The number of amides is 1. The number of carbonyl (C=O) groups excluding carboxylic acids is 1. The maximum absolute atomic E-state index is 11.9. The lowest BCUT2D eigenvalue weighted by molar-refractivity contribution is -0.130. The maximum atomic E-state index is 11.9. The molecular formula is C15H20N2O2. The Balaban J connectivity index is 2.03. The van der Waals surface area contributed by atoms with Gasteiger partial charge in [-0.25, -0.2) is 4.98 Å². The Morgan fingerprint density at radius 3 is 2.74 bits per heavy atom. The molecule has 1 aromatic carbocycles. The van der Waals surface area contributed by atoms with Crippen molar-refractivity contribution in [1.82, 2.24) is 9.88 Å². The number of rotatable bonds is 5. The van der Waals surface area contributed by atoms with Crippen LogP contribution in [0.5, 0.6) is 0 Å². The van der Waals surface area contributed by atoms with Crippen LogP contribution >= 0.6 is 0 Å². The molecule has 0 radical (unpaired) electrons. The Hall–Kier alpha value is -1.84. The van der Waals surface area contributed by atoms with E-state index in [1.807, 2.05) is 43.9 Å². The number of hydrogen-bond acceptors (Lipinski definition) is 3. The van der Waals surface area contributed by atoms with Gasteiger partial charge in [-0.05, 0) is 38.0 Å². The van der Waals surface area contributed by atoms with E-state index >= 15 is 0 Å². The quantitative estimate of drug-likeness (QED) is 0.830. The topological polar surface area (TPSA) is 46.3 Å². The van der Waals surface area contributed by atoms with Crippen molar-refractivity contribution in [3.8, 4) is 0 Å². The van der Waals surface area contributed by atoms with Crippen molar-refractivity contribution >= 4 is 17.0 Å². The average molecular weight is 260 g/mol. The van der Waals surface area contributed by atoms with Crippen LogP contribution in [0.15, 0.2) is 22.6 Å². The van der Waals surface area contributed by atoms with Gasteiger partial charge in [-0.15, -0.1) is 0 Å². The largest absolute Gasteiger partial charge is 0.441 e. The van der Waals surface area contributed by atoms with Gasteiger partial charge in [0.25, 0.3) is 0 Å². The number of nitrogens with zero attached hydrogens (tertiary/aromatic N) is 2. The third-order valence-corrected chi connectivity index (χ3v) is 3.30. The first-order chi connectivity index (χ1) is 9.13. The summed E-state index contributed by atoms with van der Waals surface area (Å²) in [6.07, 6.45) is 1.29. The highest BCUT2D eigenvalue weighted by molar-refractivity contribution is 5.77. The summed E-state index contributed by atoms with van der Waals surface area (Å²) in [5, 5.41) is 0. The van der Waals surface area contributed by atoms with E-state index in [1.54, 1.807) is 0 Å². The molecule has 0 atom stereocenters.